The Labute approximate surface area is 82.1 Å². The summed E-state index contributed by atoms with van der Waals surface area (Å²) in [6.45, 7) is 3.57. The maximum absolute atomic E-state index is 11.1. The highest BCUT2D eigenvalue weighted by Crippen LogP contribution is 1.93. The summed E-state index contributed by atoms with van der Waals surface area (Å²) in [4.78, 5) is 17.3. The van der Waals surface area contributed by atoms with Crippen molar-refractivity contribution in [2.75, 3.05) is 19.8 Å². The van der Waals surface area contributed by atoms with Crippen molar-refractivity contribution in [3.8, 4) is 5.88 Å². The van der Waals surface area contributed by atoms with E-state index in [0.717, 1.165) is 6.42 Å². The van der Waals surface area contributed by atoms with Gasteiger partial charge in [0.25, 0.3) is 5.88 Å². The topological polar surface area (TPSA) is 64.2 Å². The van der Waals surface area contributed by atoms with Crippen LogP contribution in [0.3, 0.4) is 0 Å². The predicted octanol–water partition coefficient (Wildman–Crippen LogP) is 0.575. The maximum Gasteiger partial charge on any atom is 0.310 e. The van der Waals surface area contributed by atoms with Crippen molar-refractivity contribution in [1.29, 1.82) is 0 Å². The van der Waals surface area contributed by atoms with Gasteiger partial charge in [-0.2, -0.15) is 0 Å². The van der Waals surface area contributed by atoms with Gasteiger partial charge in [-0.25, -0.2) is 4.98 Å². The molecule has 0 aliphatic rings. The quantitative estimate of drug-likeness (QED) is 0.679. The summed E-state index contributed by atoms with van der Waals surface area (Å²) < 4.78 is 10.3. The Morgan fingerprint density at radius 1 is 1.43 bits per heavy atom. The van der Waals surface area contributed by atoms with Crippen molar-refractivity contribution in [2.24, 2.45) is 0 Å². The molecule has 0 radical (unpaired) electrons. The minimum atomic E-state index is -0.317. The molecule has 5 nitrogen and oxygen atoms in total. The zero-order chi connectivity index (χ0) is 10.2. The van der Waals surface area contributed by atoms with Crippen LogP contribution in [0.4, 0.5) is 0 Å². The number of hydrogen-bond acceptors (Lipinski definition) is 4. The summed E-state index contributed by atoms with van der Waals surface area (Å²) in [5, 5.41) is 0. The number of rotatable bonds is 6. The average molecular weight is 198 g/mol. The molecule has 1 aromatic rings. The highest BCUT2D eigenvalue weighted by molar-refractivity contribution is 5.01. The van der Waals surface area contributed by atoms with E-state index < -0.39 is 0 Å². The molecule has 0 aliphatic heterocycles. The van der Waals surface area contributed by atoms with Crippen molar-refractivity contribution >= 4 is 0 Å². The summed E-state index contributed by atoms with van der Waals surface area (Å²) in [5.41, 5.74) is -0.317. The molecular weight excluding hydrogens is 184 g/mol. The molecule has 14 heavy (non-hydrogen) atoms. The van der Waals surface area contributed by atoms with Gasteiger partial charge in [-0.15, -0.1) is 0 Å². The van der Waals surface area contributed by atoms with Crippen molar-refractivity contribution in [2.45, 2.75) is 13.3 Å². The molecule has 0 saturated heterocycles. The fourth-order valence-corrected chi connectivity index (χ4v) is 0.885. The van der Waals surface area contributed by atoms with Crippen LogP contribution < -0.4 is 10.3 Å². The lowest BCUT2D eigenvalue weighted by Crippen LogP contribution is -2.15. The monoisotopic (exact) mass is 198 g/mol. The second-order valence-corrected chi connectivity index (χ2v) is 2.68. The van der Waals surface area contributed by atoms with E-state index >= 15 is 0 Å². The lowest BCUT2D eigenvalue weighted by Gasteiger charge is -2.03. The largest absolute Gasteiger partial charge is 0.471 e. The molecule has 0 saturated carbocycles. The highest BCUT2D eigenvalue weighted by Gasteiger charge is 1.99. The fraction of sp³-hybridized carbons (Fsp3) is 0.556. The van der Waals surface area contributed by atoms with Crippen molar-refractivity contribution < 1.29 is 9.47 Å². The van der Waals surface area contributed by atoms with Gasteiger partial charge in [0.15, 0.2) is 0 Å². The predicted molar refractivity (Wildman–Crippen MR) is 51.5 cm³/mol. The Hall–Kier alpha value is -1.36. The van der Waals surface area contributed by atoms with E-state index in [2.05, 4.69) is 9.97 Å². The molecular formula is C9H14N2O3. The Morgan fingerprint density at radius 3 is 3.00 bits per heavy atom. The van der Waals surface area contributed by atoms with Crippen molar-refractivity contribution in [3.05, 3.63) is 22.7 Å². The lowest BCUT2D eigenvalue weighted by atomic mass is 10.5. The Balaban J connectivity index is 2.25. The molecule has 0 aliphatic carbocycles. The molecule has 0 amide bonds. The summed E-state index contributed by atoms with van der Waals surface area (Å²) in [7, 11) is 0. The first-order valence-corrected chi connectivity index (χ1v) is 4.59. The average Bonchev–Trinajstić information content (AvgIpc) is 2.20. The second-order valence-electron chi connectivity index (χ2n) is 2.68. The maximum atomic E-state index is 11.1. The van der Waals surface area contributed by atoms with E-state index in [4.69, 9.17) is 9.47 Å². The Kier molecular flexibility index (Phi) is 4.71. The Morgan fingerprint density at radius 2 is 2.29 bits per heavy atom. The van der Waals surface area contributed by atoms with E-state index in [-0.39, 0.29) is 11.4 Å². The third-order valence-electron chi connectivity index (χ3n) is 1.49. The van der Waals surface area contributed by atoms with Crippen LogP contribution in [0.15, 0.2) is 17.2 Å². The summed E-state index contributed by atoms with van der Waals surface area (Å²) in [6, 6.07) is 0. The third-order valence-corrected chi connectivity index (χ3v) is 1.49. The van der Waals surface area contributed by atoms with Crippen LogP contribution >= 0.6 is 0 Å². The van der Waals surface area contributed by atoms with Gasteiger partial charge in [0.05, 0.1) is 6.61 Å². The van der Waals surface area contributed by atoms with E-state index in [0.29, 0.717) is 19.8 Å². The smallest absolute Gasteiger partial charge is 0.310 e. The first-order chi connectivity index (χ1) is 6.84. The van der Waals surface area contributed by atoms with E-state index in [9.17, 15) is 4.79 Å². The first kappa shape index (κ1) is 10.7. The van der Waals surface area contributed by atoms with Crippen LogP contribution in [0.2, 0.25) is 0 Å². The van der Waals surface area contributed by atoms with Gasteiger partial charge in [0.2, 0.25) is 0 Å². The van der Waals surface area contributed by atoms with E-state index in [1.165, 1.54) is 12.4 Å². The van der Waals surface area contributed by atoms with Crippen LogP contribution in [-0.4, -0.2) is 29.8 Å². The minimum absolute atomic E-state index is 0.0904. The molecule has 0 unspecified atom stereocenters. The van der Waals surface area contributed by atoms with Crippen LogP contribution in [0.1, 0.15) is 13.3 Å². The zero-order valence-electron chi connectivity index (χ0n) is 8.16. The van der Waals surface area contributed by atoms with Gasteiger partial charge in [-0.05, 0) is 6.42 Å². The van der Waals surface area contributed by atoms with E-state index in [1.807, 2.05) is 6.92 Å². The lowest BCUT2D eigenvalue weighted by molar-refractivity contribution is 0.0984. The SMILES string of the molecule is CCCOCCOc1ncc[nH]c1=O. The van der Waals surface area contributed by atoms with Gasteiger partial charge in [-0.3, -0.25) is 4.79 Å². The number of ether oxygens (including phenoxy) is 2. The number of aromatic amines is 1. The standard InChI is InChI=1S/C9H14N2O3/c1-2-5-13-6-7-14-9-8(12)10-3-4-11-9/h3-4H,2,5-7H2,1H3,(H,10,12). The molecule has 5 heteroatoms. The number of nitrogens with one attached hydrogen (secondary N) is 1. The Bertz CT molecular complexity index is 311. The number of aromatic nitrogens is 2. The number of H-pyrrole nitrogens is 1. The molecule has 0 spiro atoms. The van der Waals surface area contributed by atoms with Crippen molar-refractivity contribution in [1.82, 2.24) is 9.97 Å². The summed E-state index contributed by atoms with van der Waals surface area (Å²) >= 11 is 0. The normalized spacial score (nSPS) is 10.1. The summed E-state index contributed by atoms with van der Waals surface area (Å²) in [5.74, 6) is 0.0904. The van der Waals surface area contributed by atoms with Crippen LogP contribution in [0, 0.1) is 0 Å². The third kappa shape index (κ3) is 3.57. The highest BCUT2D eigenvalue weighted by atomic mass is 16.5. The zero-order valence-corrected chi connectivity index (χ0v) is 8.16. The molecule has 0 fully saturated rings. The molecule has 78 valence electrons. The first-order valence-electron chi connectivity index (χ1n) is 4.59. The van der Waals surface area contributed by atoms with Gasteiger partial charge in [0, 0.05) is 19.0 Å². The molecule has 0 aromatic carbocycles. The second kappa shape index (κ2) is 6.15. The van der Waals surface area contributed by atoms with Crippen LogP contribution in [0.25, 0.3) is 0 Å². The number of hydrogen-bond donors (Lipinski definition) is 1. The molecule has 0 atom stereocenters. The van der Waals surface area contributed by atoms with Crippen LogP contribution in [-0.2, 0) is 4.74 Å². The molecule has 0 bridgehead atoms. The molecule has 1 N–H and O–H groups in total. The molecule has 1 rings (SSSR count). The number of nitrogens with zero attached hydrogens (tertiary/aromatic N) is 1. The van der Waals surface area contributed by atoms with Crippen LogP contribution in [0.5, 0.6) is 5.88 Å². The summed E-state index contributed by atoms with van der Waals surface area (Å²) in [6.07, 6.45) is 3.91. The van der Waals surface area contributed by atoms with Gasteiger partial charge >= 0.3 is 5.56 Å². The fourth-order valence-electron chi connectivity index (χ4n) is 0.885. The minimum Gasteiger partial charge on any atom is -0.471 e. The van der Waals surface area contributed by atoms with E-state index in [1.54, 1.807) is 0 Å². The molecule has 1 aromatic heterocycles. The molecule has 1 heterocycles. The van der Waals surface area contributed by atoms with Crippen molar-refractivity contribution in [3.63, 3.8) is 0 Å². The van der Waals surface area contributed by atoms with Gasteiger partial charge < -0.3 is 14.5 Å². The van der Waals surface area contributed by atoms with Gasteiger partial charge in [0.1, 0.15) is 6.61 Å². The van der Waals surface area contributed by atoms with Gasteiger partial charge in [-0.1, -0.05) is 6.92 Å².